The fourth-order valence-electron chi connectivity index (χ4n) is 2.65. The Hall–Kier alpha value is -2.65. The molecule has 0 spiro atoms. The van der Waals surface area contributed by atoms with E-state index in [1.54, 1.807) is 34.9 Å². The van der Waals surface area contributed by atoms with Gasteiger partial charge in [0, 0.05) is 6.54 Å². The number of carbonyl (C=O) groups is 2. The predicted molar refractivity (Wildman–Crippen MR) is 111 cm³/mol. The van der Waals surface area contributed by atoms with E-state index in [9.17, 15) is 14.4 Å². The van der Waals surface area contributed by atoms with Crippen LogP contribution in [-0.4, -0.2) is 34.3 Å². The average Bonchev–Trinajstić information content (AvgIpc) is 3.17. The molecule has 0 unspecified atom stereocenters. The lowest BCUT2D eigenvalue weighted by molar-refractivity contribution is -0.113. The van der Waals surface area contributed by atoms with Gasteiger partial charge in [0.15, 0.2) is 5.16 Å². The summed E-state index contributed by atoms with van der Waals surface area (Å²) in [5, 5.41) is 5.06. The monoisotopic (exact) mass is 417 g/mol. The van der Waals surface area contributed by atoms with Crippen LogP contribution in [0.2, 0.25) is 0 Å². The van der Waals surface area contributed by atoms with E-state index in [2.05, 4.69) is 10.3 Å². The molecule has 0 fully saturated rings. The van der Waals surface area contributed by atoms with Gasteiger partial charge in [0.05, 0.1) is 29.6 Å². The third kappa shape index (κ3) is 4.26. The van der Waals surface area contributed by atoms with Gasteiger partial charge in [0.2, 0.25) is 5.91 Å². The maximum atomic E-state index is 12.7. The largest absolute Gasteiger partial charge is 0.465 e. The highest BCUT2D eigenvalue weighted by atomic mass is 32.2. The number of para-hydroxylation sites is 1. The van der Waals surface area contributed by atoms with E-state index < -0.39 is 5.97 Å². The van der Waals surface area contributed by atoms with Gasteiger partial charge in [-0.2, -0.15) is 0 Å². The topological polar surface area (TPSA) is 90.3 Å². The summed E-state index contributed by atoms with van der Waals surface area (Å²) < 4.78 is 6.96. The number of nitrogens with one attached hydrogen (secondary N) is 1. The van der Waals surface area contributed by atoms with Crippen LogP contribution in [0.5, 0.6) is 0 Å². The maximum absolute atomic E-state index is 12.7. The number of anilines is 1. The first kappa shape index (κ1) is 20.1. The first-order valence-electron chi connectivity index (χ1n) is 8.63. The molecule has 0 aliphatic heterocycles. The van der Waals surface area contributed by atoms with Crippen LogP contribution in [0.4, 0.5) is 5.69 Å². The van der Waals surface area contributed by atoms with Gasteiger partial charge in [-0.05, 0) is 30.0 Å². The maximum Gasteiger partial charge on any atom is 0.339 e. The van der Waals surface area contributed by atoms with Crippen molar-refractivity contribution < 1.29 is 14.3 Å². The molecule has 1 amide bonds. The molecule has 0 aliphatic rings. The third-order valence-electron chi connectivity index (χ3n) is 3.92. The fourth-order valence-corrected chi connectivity index (χ4v) is 4.25. The number of thioether (sulfide) groups is 1. The normalized spacial score (nSPS) is 10.8. The minimum Gasteiger partial charge on any atom is -0.465 e. The van der Waals surface area contributed by atoms with Crippen molar-refractivity contribution in [1.29, 1.82) is 0 Å². The zero-order valence-electron chi connectivity index (χ0n) is 15.4. The van der Waals surface area contributed by atoms with Crippen LogP contribution in [0, 0.1) is 0 Å². The van der Waals surface area contributed by atoms with Gasteiger partial charge in [-0.25, -0.2) is 9.78 Å². The van der Waals surface area contributed by atoms with Crippen LogP contribution in [-0.2, 0) is 16.1 Å². The van der Waals surface area contributed by atoms with Gasteiger partial charge in [-0.3, -0.25) is 14.2 Å². The van der Waals surface area contributed by atoms with Crippen molar-refractivity contribution >= 4 is 50.9 Å². The highest BCUT2D eigenvalue weighted by Crippen LogP contribution is 2.22. The van der Waals surface area contributed by atoms with Gasteiger partial charge in [-0.1, -0.05) is 30.8 Å². The number of benzene rings is 1. The molecule has 28 heavy (non-hydrogen) atoms. The first-order valence-corrected chi connectivity index (χ1v) is 10.5. The van der Waals surface area contributed by atoms with Gasteiger partial charge in [-0.15, -0.1) is 11.3 Å². The molecular weight excluding hydrogens is 398 g/mol. The smallest absolute Gasteiger partial charge is 0.339 e. The SMILES string of the molecule is CCCn1c(SCC(=O)Nc2ccccc2C(=O)OC)nc2ccsc2c1=O. The van der Waals surface area contributed by atoms with Crippen molar-refractivity contribution in [2.45, 2.75) is 25.0 Å². The lowest BCUT2D eigenvalue weighted by Crippen LogP contribution is -2.23. The molecule has 3 rings (SSSR count). The molecule has 2 heterocycles. The van der Waals surface area contributed by atoms with Crippen LogP contribution in [0.1, 0.15) is 23.7 Å². The van der Waals surface area contributed by atoms with Crippen LogP contribution in [0.15, 0.2) is 45.7 Å². The Kier molecular flexibility index (Phi) is 6.48. The number of nitrogens with zero attached hydrogens (tertiary/aromatic N) is 2. The molecule has 2 aromatic heterocycles. The molecule has 0 saturated heterocycles. The quantitative estimate of drug-likeness (QED) is 0.360. The van der Waals surface area contributed by atoms with Crippen molar-refractivity contribution in [3.05, 3.63) is 51.6 Å². The predicted octanol–water partition coefficient (Wildman–Crippen LogP) is 3.39. The number of aromatic nitrogens is 2. The van der Waals surface area contributed by atoms with Crippen LogP contribution < -0.4 is 10.9 Å². The third-order valence-corrected chi connectivity index (χ3v) is 5.78. The van der Waals surface area contributed by atoms with Gasteiger partial charge in [0.25, 0.3) is 5.56 Å². The summed E-state index contributed by atoms with van der Waals surface area (Å²) >= 11 is 2.56. The van der Waals surface area contributed by atoms with Gasteiger partial charge in [0.1, 0.15) is 4.70 Å². The summed E-state index contributed by atoms with van der Waals surface area (Å²) in [6, 6.07) is 8.44. The molecule has 7 nitrogen and oxygen atoms in total. The van der Waals surface area contributed by atoms with E-state index in [1.807, 2.05) is 12.3 Å². The molecule has 0 atom stereocenters. The van der Waals surface area contributed by atoms with Crippen molar-refractivity contribution in [2.24, 2.45) is 0 Å². The van der Waals surface area contributed by atoms with E-state index in [4.69, 9.17) is 4.74 Å². The van der Waals surface area contributed by atoms with Crippen molar-refractivity contribution in [2.75, 3.05) is 18.2 Å². The van der Waals surface area contributed by atoms with Crippen LogP contribution >= 0.6 is 23.1 Å². The van der Waals surface area contributed by atoms with Gasteiger partial charge < -0.3 is 10.1 Å². The summed E-state index contributed by atoms with van der Waals surface area (Å²) in [7, 11) is 1.29. The standard InChI is InChI=1S/C19H19N3O4S2/c1-3-9-22-17(24)16-14(8-10-27-16)21-19(22)28-11-15(23)20-13-7-5-4-6-12(13)18(25)26-2/h4-8,10H,3,9,11H2,1-2H3,(H,20,23). The van der Waals surface area contributed by atoms with E-state index >= 15 is 0 Å². The molecule has 146 valence electrons. The Morgan fingerprint density at radius 1 is 1.29 bits per heavy atom. The molecule has 0 radical (unpaired) electrons. The average molecular weight is 418 g/mol. The lowest BCUT2D eigenvalue weighted by Gasteiger charge is -2.12. The number of rotatable bonds is 7. The minimum atomic E-state index is -0.523. The number of hydrogen-bond donors (Lipinski definition) is 1. The summed E-state index contributed by atoms with van der Waals surface area (Å²) in [5.41, 5.74) is 1.22. The Labute approximate surface area is 169 Å². The summed E-state index contributed by atoms with van der Waals surface area (Å²) in [6.45, 7) is 2.52. The van der Waals surface area contributed by atoms with Crippen molar-refractivity contribution in [3.8, 4) is 0 Å². The number of hydrogen-bond acceptors (Lipinski definition) is 7. The number of fused-ring (bicyclic) bond motifs is 1. The number of ether oxygens (including phenoxy) is 1. The van der Waals surface area contributed by atoms with E-state index in [1.165, 1.54) is 30.2 Å². The summed E-state index contributed by atoms with van der Waals surface area (Å²) in [6.07, 6.45) is 0.782. The van der Waals surface area contributed by atoms with Crippen LogP contribution in [0.3, 0.4) is 0 Å². The molecule has 1 N–H and O–H groups in total. The number of thiophene rings is 1. The second kappa shape index (κ2) is 9.03. The zero-order chi connectivity index (χ0) is 20.1. The fraction of sp³-hybridized carbons (Fsp3) is 0.263. The highest BCUT2D eigenvalue weighted by Gasteiger charge is 2.16. The second-order valence-electron chi connectivity index (χ2n) is 5.86. The van der Waals surface area contributed by atoms with Crippen molar-refractivity contribution in [1.82, 2.24) is 9.55 Å². The number of esters is 1. The van der Waals surface area contributed by atoms with Gasteiger partial charge >= 0.3 is 5.97 Å². The molecular formula is C19H19N3O4S2. The Morgan fingerprint density at radius 2 is 2.07 bits per heavy atom. The summed E-state index contributed by atoms with van der Waals surface area (Å²) in [5.74, 6) is -0.768. The molecule has 0 saturated carbocycles. The molecule has 3 aromatic rings. The highest BCUT2D eigenvalue weighted by molar-refractivity contribution is 7.99. The Morgan fingerprint density at radius 3 is 2.82 bits per heavy atom. The Bertz CT molecular complexity index is 1070. The molecule has 9 heteroatoms. The van der Waals surface area contributed by atoms with E-state index in [0.717, 1.165) is 6.42 Å². The summed E-state index contributed by atoms with van der Waals surface area (Å²) in [4.78, 5) is 41.4. The van der Waals surface area contributed by atoms with E-state index in [0.29, 0.717) is 27.6 Å². The lowest BCUT2D eigenvalue weighted by atomic mass is 10.2. The second-order valence-corrected chi connectivity index (χ2v) is 7.72. The Balaban J connectivity index is 1.78. The number of methoxy groups -OCH3 is 1. The zero-order valence-corrected chi connectivity index (χ0v) is 17.1. The van der Waals surface area contributed by atoms with Crippen molar-refractivity contribution in [3.63, 3.8) is 0 Å². The minimum absolute atomic E-state index is 0.0569. The van der Waals surface area contributed by atoms with E-state index in [-0.39, 0.29) is 22.8 Å². The number of amides is 1. The first-order chi connectivity index (χ1) is 13.5. The number of carbonyl (C=O) groups excluding carboxylic acids is 2. The van der Waals surface area contributed by atoms with Crippen LogP contribution in [0.25, 0.3) is 10.2 Å². The molecule has 0 bridgehead atoms. The molecule has 0 aliphatic carbocycles. The molecule has 1 aromatic carbocycles.